The Morgan fingerprint density at radius 3 is 2.94 bits per heavy atom. The Labute approximate surface area is 100 Å². The Morgan fingerprint density at radius 1 is 1.56 bits per heavy atom. The number of nitrogens with one attached hydrogen (secondary N) is 1. The monoisotopic (exact) mass is 238 g/mol. The summed E-state index contributed by atoms with van der Waals surface area (Å²) in [5, 5.41) is 3.54. The van der Waals surface area contributed by atoms with Gasteiger partial charge in [-0.2, -0.15) is 0 Å². The lowest BCUT2D eigenvalue weighted by Gasteiger charge is -2.04. The number of nitrogens with two attached hydrogens (primary N) is 1. The molecule has 0 unspecified atom stereocenters. The van der Waals surface area contributed by atoms with Crippen molar-refractivity contribution in [2.45, 2.75) is 6.42 Å². The first-order valence-electron chi connectivity index (χ1n) is 5.05. The highest BCUT2D eigenvalue weighted by Crippen LogP contribution is 2.20. The Balaban J connectivity index is 2.52. The lowest BCUT2D eigenvalue weighted by molar-refractivity contribution is 0.0983. The minimum atomic E-state index is 0.0555. The van der Waals surface area contributed by atoms with Gasteiger partial charge in [0.05, 0.1) is 10.7 Å². The van der Waals surface area contributed by atoms with E-state index in [1.54, 1.807) is 24.3 Å². The first-order chi connectivity index (χ1) is 7.65. The van der Waals surface area contributed by atoms with Gasteiger partial charge in [-0.05, 0) is 18.2 Å². The van der Waals surface area contributed by atoms with E-state index in [2.05, 4.69) is 11.9 Å². The normalized spacial score (nSPS) is 10.1. The summed E-state index contributed by atoms with van der Waals surface area (Å²) in [5.41, 5.74) is 6.66. The summed E-state index contributed by atoms with van der Waals surface area (Å²) < 4.78 is 0. The van der Waals surface area contributed by atoms with E-state index < -0.39 is 0 Å². The molecule has 0 aliphatic carbocycles. The summed E-state index contributed by atoms with van der Waals surface area (Å²) in [6.07, 6.45) is 2.19. The molecule has 0 amide bonds. The third-order valence-electron chi connectivity index (χ3n) is 2.14. The van der Waals surface area contributed by atoms with E-state index in [0.717, 1.165) is 0 Å². The second-order valence-electron chi connectivity index (χ2n) is 3.40. The number of anilines is 1. The molecule has 1 aromatic rings. The van der Waals surface area contributed by atoms with Gasteiger partial charge in [-0.3, -0.25) is 4.79 Å². The summed E-state index contributed by atoms with van der Waals surface area (Å²) in [6, 6.07) is 4.94. The fourth-order valence-corrected chi connectivity index (χ4v) is 1.39. The molecule has 0 spiro atoms. The van der Waals surface area contributed by atoms with E-state index in [-0.39, 0.29) is 5.78 Å². The van der Waals surface area contributed by atoms with E-state index in [4.69, 9.17) is 17.3 Å². The molecular weight excluding hydrogens is 224 g/mol. The number of hydrogen-bond donors (Lipinski definition) is 2. The van der Waals surface area contributed by atoms with Crippen LogP contribution >= 0.6 is 11.6 Å². The molecule has 86 valence electrons. The largest absolute Gasteiger partial charge is 0.398 e. The van der Waals surface area contributed by atoms with Gasteiger partial charge in [-0.1, -0.05) is 17.7 Å². The lowest BCUT2D eigenvalue weighted by Crippen LogP contribution is -2.18. The molecule has 4 heteroatoms. The van der Waals surface area contributed by atoms with Crippen molar-refractivity contribution in [1.29, 1.82) is 0 Å². The minimum Gasteiger partial charge on any atom is -0.398 e. The maximum absolute atomic E-state index is 11.7. The number of halogens is 1. The van der Waals surface area contributed by atoms with Crippen LogP contribution in [0.2, 0.25) is 5.02 Å². The molecule has 0 radical (unpaired) electrons. The third-order valence-corrected chi connectivity index (χ3v) is 2.48. The number of Topliss-reactive ketones (excluding diaryl/α,β-unsaturated/α-hetero) is 1. The van der Waals surface area contributed by atoms with Crippen LogP contribution in [0.1, 0.15) is 16.8 Å². The van der Waals surface area contributed by atoms with Crippen molar-refractivity contribution >= 4 is 23.1 Å². The number of carbonyl (C=O) groups excluding carboxylic acids is 1. The fraction of sp³-hybridized carbons (Fsp3) is 0.250. The van der Waals surface area contributed by atoms with Crippen LogP contribution in [0, 0.1) is 0 Å². The van der Waals surface area contributed by atoms with E-state index in [1.165, 1.54) is 0 Å². The van der Waals surface area contributed by atoms with E-state index >= 15 is 0 Å². The quantitative estimate of drug-likeness (QED) is 0.346. The summed E-state index contributed by atoms with van der Waals surface area (Å²) >= 11 is 5.77. The highest BCUT2D eigenvalue weighted by atomic mass is 35.5. The lowest BCUT2D eigenvalue weighted by atomic mass is 10.1. The maximum Gasteiger partial charge on any atom is 0.164 e. The van der Waals surface area contributed by atoms with Crippen molar-refractivity contribution in [2.75, 3.05) is 18.8 Å². The van der Waals surface area contributed by atoms with Crippen molar-refractivity contribution in [3.63, 3.8) is 0 Å². The third kappa shape index (κ3) is 3.68. The second-order valence-corrected chi connectivity index (χ2v) is 3.81. The summed E-state index contributed by atoms with van der Waals surface area (Å²) in [6.45, 7) is 4.91. The van der Waals surface area contributed by atoms with Gasteiger partial charge in [0.2, 0.25) is 0 Å². The van der Waals surface area contributed by atoms with Gasteiger partial charge in [0.1, 0.15) is 0 Å². The Bertz CT molecular complexity index is 391. The van der Waals surface area contributed by atoms with Crippen LogP contribution in [-0.4, -0.2) is 18.9 Å². The number of carbonyl (C=O) groups is 1. The molecule has 0 heterocycles. The van der Waals surface area contributed by atoms with Gasteiger partial charge < -0.3 is 11.1 Å². The highest BCUT2D eigenvalue weighted by molar-refractivity contribution is 6.33. The number of rotatable bonds is 6. The molecule has 0 aliphatic rings. The van der Waals surface area contributed by atoms with Gasteiger partial charge in [-0.15, -0.1) is 6.58 Å². The number of nitrogen functional groups attached to an aromatic ring is 1. The zero-order valence-electron chi connectivity index (χ0n) is 9.00. The summed E-state index contributed by atoms with van der Waals surface area (Å²) in [5.74, 6) is 0.0555. The molecule has 16 heavy (non-hydrogen) atoms. The van der Waals surface area contributed by atoms with Crippen molar-refractivity contribution in [3.05, 3.63) is 41.4 Å². The van der Waals surface area contributed by atoms with E-state index in [1.807, 2.05) is 0 Å². The number of benzene rings is 1. The molecular formula is C12H15ClN2O. The van der Waals surface area contributed by atoms with Crippen LogP contribution in [0.4, 0.5) is 5.69 Å². The summed E-state index contributed by atoms with van der Waals surface area (Å²) in [7, 11) is 0. The molecule has 3 N–H and O–H groups in total. The van der Waals surface area contributed by atoms with Crippen LogP contribution in [-0.2, 0) is 0 Å². The van der Waals surface area contributed by atoms with Crippen molar-refractivity contribution in [3.8, 4) is 0 Å². The number of ketones is 1. The predicted octanol–water partition coefficient (Wildman–Crippen LogP) is 2.27. The molecule has 1 rings (SSSR count). The second kappa shape index (κ2) is 6.30. The highest BCUT2D eigenvalue weighted by Gasteiger charge is 2.06. The van der Waals surface area contributed by atoms with Crippen molar-refractivity contribution in [2.24, 2.45) is 0 Å². The van der Waals surface area contributed by atoms with Gasteiger partial charge in [0.15, 0.2) is 5.78 Å². The van der Waals surface area contributed by atoms with Gasteiger partial charge >= 0.3 is 0 Å². The zero-order chi connectivity index (χ0) is 12.0. The van der Waals surface area contributed by atoms with Crippen LogP contribution in [0.25, 0.3) is 0 Å². The van der Waals surface area contributed by atoms with E-state index in [0.29, 0.717) is 35.8 Å². The molecule has 0 saturated carbocycles. The van der Waals surface area contributed by atoms with Gasteiger partial charge in [0, 0.05) is 25.1 Å². The Morgan fingerprint density at radius 2 is 2.31 bits per heavy atom. The average Bonchev–Trinajstić information content (AvgIpc) is 2.28. The van der Waals surface area contributed by atoms with Gasteiger partial charge in [-0.25, -0.2) is 0 Å². The molecule has 0 atom stereocenters. The Hall–Kier alpha value is -1.32. The zero-order valence-corrected chi connectivity index (χ0v) is 9.76. The smallest absolute Gasteiger partial charge is 0.164 e. The maximum atomic E-state index is 11.7. The van der Waals surface area contributed by atoms with Crippen LogP contribution in [0.3, 0.4) is 0 Å². The number of hydrogen-bond acceptors (Lipinski definition) is 3. The molecule has 0 aromatic heterocycles. The minimum absolute atomic E-state index is 0.0555. The van der Waals surface area contributed by atoms with Crippen LogP contribution < -0.4 is 11.1 Å². The van der Waals surface area contributed by atoms with E-state index in [9.17, 15) is 4.79 Å². The standard InChI is InChI=1S/C12H15ClN2O/c1-2-6-15-7-5-12(16)9-3-4-10(13)11(14)8-9/h2-4,8,15H,1,5-7,14H2. The average molecular weight is 239 g/mol. The first-order valence-corrected chi connectivity index (χ1v) is 5.42. The SMILES string of the molecule is C=CCNCCC(=O)c1ccc(Cl)c(N)c1. The molecule has 0 bridgehead atoms. The van der Waals surface area contributed by atoms with Crippen LogP contribution in [0.5, 0.6) is 0 Å². The van der Waals surface area contributed by atoms with Gasteiger partial charge in [0.25, 0.3) is 0 Å². The van der Waals surface area contributed by atoms with Crippen molar-refractivity contribution in [1.82, 2.24) is 5.32 Å². The fourth-order valence-electron chi connectivity index (χ4n) is 1.27. The topological polar surface area (TPSA) is 55.1 Å². The first kappa shape index (κ1) is 12.7. The molecule has 0 saturated heterocycles. The molecule has 0 fully saturated rings. The predicted molar refractivity (Wildman–Crippen MR) is 67.9 cm³/mol. The Kier molecular flexibility index (Phi) is 5.02. The molecule has 0 aliphatic heterocycles. The van der Waals surface area contributed by atoms with Crippen molar-refractivity contribution < 1.29 is 4.79 Å². The summed E-state index contributed by atoms with van der Waals surface area (Å²) in [4.78, 5) is 11.7. The molecule has 3 nitrogen and oxygen atoms in total. The molecule has 1 aromatic carbocycles. The van der Waals surface area contributed by atoms with Crippen LogP contribution in [0.15, 0.2) is 30.9 Å².